The lowest BCUT2D eigenvalue weighted by Gasteiger charge is -2.25. The molecule has 0 heterocycles. The highest BCUT2D eigenvalue weighted by atomic mass is 35.5. The highest BCUT2D eigenvalue weighted by molar-refractivity contribution is 6.34. The first-order valence-corrected chi connectivity index (χ1v) is 6.64. The molecule has 1 aromatic rings. The van der Waals surface area contributed by atoms with Gasteiger partial charge in [0.25, 0.3) is 0 Å². The Morgan fingerprint density at radius 2 is 1.69 bits per heavy atom. The summed E-state index contributed by atoms with van der Waals surface area (Å²) in [7, 11) is 0. The Balaban J connectivity index is 2.98. The van der Waals surface area contributed by atoms with Crippen LogP contribution in [-0.2, 0) is 6.42 Å². The van der Waals surface area contributed by atoms with Crippen molar-refractivity contribution in [2.45, 2.75) is 40.0 Å². The third kappa shape index (κ3) is 3.15. The molecule has 90 valence electrons. The van der Waals surface area contributed by atoms with Crippen molar-refractivity contribution in [2.24, 2.45) is 0 Å². The minimum absolute atomic E-state index is 0.937. The zero-order valence-electron chi connectivity index (χ0n) is 10.6. The third-order valence-electron chi connectivity index (χ3n) is 2.77. The molecule has 0 N–H and O–H groups in total. The smallest absolute Gasteiger partial charge is 0.0671 e. The Hall–Kier alpha value is -0.690. The lowest BCUT2D eigenvalue weighted by Crippen LogP contribution is -2.25. The molecule has 0 atom stereocenters. The van der Waals surface area contributed by atoms with Crippen LogP contribution in [0.1, 0.15) is 39.2 Å². The molecular formula is C14H22ClN. The minimum Gasteiger partial charge on any atom is -0.370 e. The van der Waals surface area contributed by atoms with Crippen molar-refractivity contribution >= 4 is 17.3 Å². The molecule has 0 radical (unpaired) electrons. The van der Waals surface area contributed by atoms with E-state index in [-0.39, 0.29) is 0 Å². The van der Waals surface area contributed by atoms with E-state index in [2.05, 4.69) is 43.9 Å². The SMILES string of the molecule is CCCN(CCC)c1cccc(CC)c1Cl. The van der Waals surface area contributed by atoms with Gasteiger partial charge in [0.1, 0.15) is 0 Å². The van der Waals surface area contributed by atoms with Crippen LogP contribution in [0, 0.1) is 0 Å². The van der Waals surface area contributed by atoms with Gasteiger partial charge in [-0.2, -0.15) is 0 Å². The van der Waals surface area contributed by atoms with Crippen LogP contribution in [0.3, 0.4) is 0 Å². The van der Waals surface area contributed by atoms with E-state index in [9.17, 15) is 0 Å². The van der Waals surface area contributed by atoms with Gasteiger partial charge < -0.3 is 4.90 Å². The predicted molar refractivity (Wildman–Crippen MR) is 73.6 cm³/mol. The van der Waals surface area contributed by atoms with E-state index in [1.54, 1.807) is 0 Å². The third-order valence-corrected chi connectivity index (χ3v) is 3.20. The van der Waals surface area contributed by atoms with Crippen molar-refractivity contribution in [1.29, 1.82) is 0 Å². The molecule has 0 bridgehead atoms. The Morgan fingerprint density at radius 1 is 1.06 bits per heavy atom. The fourth-order valence-electron chi connectivity index (χ4n) is 1.98. The van der Waals surface area contributed by atoms with Crippen molar-refractivity contribution in [3.63, 3.8) is 0 Å². The van der Waals surface area contributed by atoms with Gasteiger partial charge in [-0.05, 0) is 30.9 Å². The van der Waals surface area contributed by atoms with Gasteiger partial charge in [0.2, 0.25) is 0 Å². The highest BCUT2D eigenvalue weighted by Crippen LogP contribution is 2.29. The summed E-state index contributed by atoms with van der Waals surface area (Å²) in [5, 5.41) is 0.937. The van der Waals surface area contributed by atoms with Crippen LogP contribution < -0.4 is 4.90 Å². The molecule has 16 heavy (non-hydrogen) atoms. The van der Waals surface area contributed by atoms with Gasteiger partial charge in [0.15, 0.2) is 0 Å². The molecule has 1 nitrogen and oxygen atoms in total. The second-order valence-electron chi connectivity index (χ2n) is 4.09. The van der Waals surface area contributed by atoms with Crippen LogP contribution in [0.5, 0.6) is 0 Å². The fraction of sp³-hybridized carbons (Fsp3) is 0.571. The predicted octanol–water partition coefficient (Wildman–Crippen LogP) is 4.53. The number of aryl methyl sites for hydroxylation is 1. The lowest BCUT2D eigenvalue weighted by molar-refractivity contribution is 0.744. The molecule has 0 aliphatic carbocycles. The molecule has 0 aromatic heterocycles. The number of rotatable bonds is 6. The molecule has 0 fully saturated rings. The normalized spacial score (nSPS) is 10.5. The molecule has 1 rings (SSSR count). The van der Waals surface area contributed by atoms with Crippen LogP contribution in [-0.4, -0.2) is 13.1 Å². The minimum atomic E-state index is 0.937. The average molecular weight is 240 g/mol. The molecule has 1 aromatic carbocycles. The number of hydrogen-bond donors (Lipinski definition) is 0. The topological polar surface area (TPSA) is 3.24 Å². The highest BCUT2D eigenvalue weighted by Gasteiger charge is 2.10. The van der Waals surface area contributed by atoms with E-state index >= 15 is 0 Å². The van der Waals surface area contributed by atoms with Gasteiger partial charge in [-0.15, -0.1) is 0 Å². The number of benzene rings is 1. The number of halogens is 1. The average Bonchev–Trinajstić information content (AvgIpc) is 2.29. The van der Waals surface area contributed by atoms with E-state index < -0.39 is 0 Å². The van der Waals surface area contributed by atoms with Crippen LogP contribution in [0.15, 0.2) is 18.2 Å². The molecule has 0 spiro atoms. The van der Waals surface area contributed by atoms with Crippen molar-refractivity contribution in [3.8, 4) is 0 Å². The van der Waals surface area contributed by atoms with Crippen molar-refractivity contribution in [2.75, 3.05) is 18.0 Å². The second-order valence-corrected chi connectivity index (χ2v) is 4.47. The number of nitrogens with zero attached hydrogens (tertiary/aromatic N) is 1. The maximum Gasteiger partial charge on any atom is 0.0671 e. The molecule has 2 heteroatoms. The summed E-state index contributed by atoms with van der Waals surface area (Å²) in [4.78, 5) is 2.39. The summed E-state index contributed by atoms with van der Waals surface area (Å²) in [5.74, 6) is 0. The molecule has 0 unspecified atom stereocenters. The van der Waals surface area contributed by atoms with E-state index in [1.807, 2.05) is 0 Å². The zero-order valence-corrected chi connectivity index (χ0v) is 11.3. The zero-order chi connectivity index (χ0) is 12.0. The van der Waals surface area contributed by atoms with Crippen LogP contribution >= 0.6 is 11.6 Å². The van der Waals surface area contributed by atoms with Gasteiger partial charge in [0, 0.05) is 13.1 Å². The summed E-state index contributed by atoms with van der Waals surface area (Å²) < 4.78 is 0. The largest absolute Gasteiger partial charge is 0.370 e. The Morgan fingerprint density at radius 3 is 2.19 bits per heavy atom. The van der Waals surface area contributed by atoms with Crippen LogP contribution in [0.4, 0.5) is 5.69 Å². The Labute approximate surface area is 104 Å². The fourth-order valence-corrected chi connectivity index (χ4v) is 2.36. The second kappa shape index (κ2) is 6.80. The molecule has 0 aliphatic heterocycles. The van der Waals surface area contributed by atoms with E-state index in [0.717, 1.165) is 37.4 Å². The van der Waals surface area contributed by atoms with E-state index in [0.29, 0.717) is 0 Å². The van der Waals surface area contributed by atoms with Crippen molar-refractivity contribution in [3.05, 3.63) is 28.8 Å². The molecular weight excluding hydrogens is 218 g/mol. The van der Waals surface area contributed by atoms with Gasteiger partial charge in [-0.25, -0.2) is 0 Å². The quantitative estimate of drug-likeness (QED) is 0.705. The van der Waals surface area contributed by atoms with Crippen molar-refractivity contribution in [1.82, 2.24) is 0 Å². The Kier molecular flexibility index (Phi) is 5.68. The first-order chi connectivity index (χ1) is 7.74. The lowest BCUT2D eigenvalue weighted by atomic mass is 10.1. The summed E-state index contributed by atoms with van der Waals surface area (Å²) in [6.45, 7) is 8.73. The van der Waals surface area contributed by atoms with Gasteiger partial charge in [-0.3, -0.25) is 0 Å². The van der Waals surface area contributed by atoms with Gasteiger partial charge >= 0.3 is 0 Å². The maximum absolute atomic E-state index is 6.43. The molecule has 0 amide bonds. The number of hydrogen-bond acceptors (Lipinski definition) is 1. The van der Waals surface area contributed by atoms with Crippen LogP contribution in [0.2, 0.25) is 5.02 Å². The molecule has 0 saturated heterocycles. The first kappa shape index (κ1) is 13.4. The van der Waals surface area contributed by atoms with E-state index in [4.69, 9.17) is 11.6 Å². The van der Waals surface area contributed by atoms with Gasteiger partial charge in [0.05, 0.1) is 10.7 Å². The monoisotopic (exact) mass is 239 g/mol. The maximum atomic E-state index is 6.43. The molecule has 0 saturated carbocycles. The summed E-state index contributed by atoms with van der Waals surface area (Å²) in [6.07, 6.45) is 3.32. The molecule has 0 aliphatic rings. The summed E-state index contributed by atoms with van der Waals surface area (Å²) in [6, 6.07) is 6.35. The van der Waals surface area contributed by atoms with E-state index in [1.165, 1.54) is 11.3 Å². The number of anilines is 1. The van der Waals surface area contributed by atoms with Crippen LogP contribution in [0.25, 0.3) is 0 Å². The Bertz CT molecular complexity index is 317. The standard InChI is InChI=1S/C14H22ClN/c1-4-10-16(11-5-2)13-9-7-8-12(6-3)14(13)15/h7-9H,4-6,10-11H2,1-3H3. The summed E-state index contributed by atoms with van der Waals surface area (Å²) >= 11 is 6.43. The first-order valence-electron chi connectivity index (χ1n) is 6.26. The van der Waals surface area contributed by atoms with Crippen molar-refractivity contribution < 1.29 is 0 Å². The summed E-state index contributed by atoms with van der Waals surface area (Å²) in [5.41, 5.74) is 2.45. The van der Waals surface area contributed by atoms with Gasteiger partial charge in [-0.1, -0.05) is 44.5 Å².